The van der Waals surface area contributed by atoms with Crippen LogP contribution < -0.4 is 24.4 Å². The number of nitrogens with zero attached hydrogens (tertiary/aromatic N) is 1. The van der Waals surface area contributed by atoms with E-state index in [0.29, 0.717) is 40.8 Å². The first-order valence-electron chi connectivity index (χ1n) is 10.3. The van der Waals surface area contributed by atoms with Crippen molar-refractivity contribution in [1.82, 2.24) is 0 Å². The van der Waals surface area contributed by atoms with E-state index in [1.165, 1.54) is 24.3 Å². The van der Waals surface area contributed by atoms with Crippen molar-refractivity contribution in [3.05, 3.63) is 83.8 Å². The van der Waals surface area contributed by atoms with Gasteiger partial charge in [-0.15, -0.1) is 0 Å². The molecule has 0 spiro atoms. The molecule has 0 unspecified atom stereocenters. The smallest absolute Gasteiger partial charge is 0.282 e. The second-order valence-corrected chi connectivity index (χ2v) is 7.33. The molecule has 2 aliphatic heterocycles. The highest BCUT2D eigenvalue weighted by Gasteiger charge is 2.40. The Morgan fingerprint density at radius 1 is 0.970 bits per heavy atom. The maximum atomic E-state index is 13.5. The molecule has 5 rings (SSSR count). The lowest BCUT2D eigenvalue weighted by molar-refractivity contribution is -0.120. The van der Waals surface area contributed by atoms with Gasteiger partial charge in [-0.05, 0) is 48.9 Å². The number of hydrogen-bond donors (Lipinski definition) is 1. The lowest BCUT2D eigenvalue weighted by Crippen LogP contribution is -2.32. The van der Waals surface area contributed by atoms with Gasteiger partial charge < -0.3 is 19.5 Å². The molecule has 1 N–H and O–H groups in total. The summed E-state index contributed by atoms with van der Waals surface area (Å²) < 4.78 is 29.8. The van der Waals surface area contributed by atoms with Gasteiger partial charge in [-0.3, -0.25) is 9.59 Å². The van der Waals surface area contributed by atoms with E-state index < -0.39 is 17.6 Å². The first-order valence-corrected chi connectivity index (χ1v) is 10.3. The summed E-state index contributed by atoms with van der Waals surface area (Å²) >= 11 is 0. The third kappa shape index (κ3) is 3.76. The van der Waals surface area contributed by atoms with E-state index in [4.69, 9.17) is 14.2 Å². The molecule has 0 aliphatic carbocycles. The Labute approximate surface area is 189 Å². The number of fused-ring (bicyclic) bond motifs is 1. The molecule has 0 bridgehead atoms. The van der Waals surface area contributed by atoms with Crippen molar-refractivity contribution in [3.8, 4) is 17.2 Å². The van der Waals surface area contributed by atoms with Crippen molar-refractivity contribution in [2.75, 3.05) is 23.6 Å². The number of carbonyl (C=O) groups is 2. The molecule has 2 aliphatic rings. The Morgan fingerprint density at radius 2 is 1.76 bits per heavy atom. The van der Waals surface area contributed by atoms with Gasteiger partial charge in [0.2, 0.25) is 6.79 Å². The van der Waals surface area contributed by atoms with Gasteiger partial charge in [-0.25, -0.2) is 9.29 Å². The van der Waals surface area contributed by atoms with E-state index >= 15 is 0 Å². The normalized spacial score (nSPS) is 14.8. The van der Waals surface area contributed by atoms with Crippen LogP contribution in [0.15, 0.2) is 72.4 Å². The van der Waals surface area contributed by atoms with E-state index in [1.807, 2.05) is 6.92 Å². The Hall–Kier alpha value is -4.33. The van der Waals surface area contributed by atoms with Gasteiger partial charge in [-0.1, -0.05) is 18.2 Å². The van der Waals surface area contributed by atoms with E-state index in [0.717, 1.165) is 4.90 Å². The number of anilines is 2. The largest absolute Gasteiger partial charge is 0.494 e. The third-order valence-electron chi connectivity index (χ3n) is 5.25. The minimum atomic E-state index is -0.536. The van der Waals surface area contributed by atoms with Crippen LogP contribution in [0.2, 0.25) is 0 Å². The monoisotopic (exact) mass is 446 g/mol. The highest BCUT2D eigenvalue weighted by atomic mass is 19.1. The van der Waals surface area contributed by atoms with Crippen molar-refractivity contribution in [1.29, 1.82) is 0 Å². The van der Waals surface area contributed by atoms with Gasteiger partial charge in [0, 0.05) is 17.8 Å². The van der Waals surface area contributed by atoms with Gasteiger partial charge >= 0.3 is 0 Å². The topological polar surface area (TPSA) is 77.1 Å². The zero-order valence-corrected chi connectivity index (χ0v) is 17.6. The van der Waals surface area contributed by atoms with Crippen molar-refractivity contribution < 1.29 is 28.2 Å². The standard InChI is InChI=1S/C25H19FN2O5/c1-2-31-19-5-3-4-18(13-19)28-24(29)22(15-6-8-16(26)9-7-15)23(25(28)30)27-17-10-11-20-21(12-17)33-14-32-20/h3-13,27H,2,14H2,1H3. The zero-order chi connectivity index (χ0) is 22.9. The lowest BCUT2D eigenvalue weighted by Gasteiger charge is -2.16. The second kappa shape index (κ2) is 8.31. The fraction of sp³-hybridized carbons (Fsp3) is 0.120. The van der Waals surface area contributed by atoms with Gasteiger partial charge in [0.25, 0.3) is 11.8 Å². The molecule has 0 aromatic heterocycles. The fourth-order valence-corrected chi connectivity index (χ4v) is 3.76. The number of rotatable bonds is 6. The number of amides is 2. The summed E-state index contributed by atoms with van der Waals surface area (Å²) in [6, 6.07) is 17.3. The molecule has 0 saturated heterocycles. The average Bonchev–Trinajstić information content (AvgIpc) is 3.37. The predicted octanol–water partition coefficient (Wildman–Crippen LogP) is 4.35. The van der Waals surface area contributed by atoms with Crippen LogP contribution in [0, 0.1) is 5.82 Å². The molecule has 0 fully saturated rings. The summed E-state index contributed by atoms with van der Waals surface area (Å²) in [5.41, 5.74) is 1.55. The lowest BCUT2D eigenvalue weighted by atomic mass is 10.0. The quantitative estimate of drug-likeness (QED) is 0.568. The van der Waals surface area contributed by atoms with Crippen molar-refractivity contribution in [3.63, 3.8) is 0 Å². The van der Waals surface area contributed by atoms with Gasteiger partial charge in [0.05, 0.1) is 17.9 Å². The van der Waals surface area contributed by atoms with Crippen LogP contribution in [0.4, 0.5) is 15.8 Å². The van der Waals surface area contributed by atoms with Crippen molar-refractivity contribution >= 4 is 28.8 Å². The van der Waals surface area contributed by atoms with Gasteiger partial charge in [0.15, 0.2) is 11.5 Å². The Balaban J connectivity index is 1.57. The molecule has 3 aromatic rings. The number of imide groups is 1. The summed E-state index contributed by atoms with van der Waals surface area (Å²) in [5.74, 6) is 0.159. The molecule has 0 atom stereocenters. The number of nitrogens with one attached hydrogen (secondary N) is 1. The number of ether oxygens (including phenoxy) is 3. The van der Waals surface area contributed by atoms with Crippen molar-refractivity contribution in [2.24, 2.45) is 0 Å². The number of benzene rings is 3. The summed E-state index contributed by atoms with van der Waals surface area (Å²) in [4.78, 5) is 28.1. The minimum Gasteiger partial charge on any atom is -0.494 e. The Kier molecular flexibility index (Phi) is 5.18. The molecular weight excluding hydrogens is 427 g/mol. The molecule has 166 valence electrons. The van der Waals surface area contributed by atoms with Gasteiger partial charge in [-0.2, -0.15) is 0 Å². The summed E-state index contributed by atoms with van der Waals surface area (Å²) in [6.45, 7) is 2.41. The molecule has 2 amide bonds. The fourth-order valence-electron chi connectivity index (χ4n) is 3.76. The zero-order valence-electron chi connectivity index (χ0n) is 17.6. The molecular formula is C25H19FN2O5. The van der Waals surface area contributed by atoms with Crippen LogP contribution in [-0.4, -0.2) is 25.2 Å². The average molecular weight is 446 g/mol. The predicted molar refractivity (Wildman–Crippen MR) is 120 cm³/mol. The van der Waals surface area contributed by atoms with Crippen LogP contribution in [0.3, 0.4) is 0 Å². The highest BCUT2D eigenvalue weighted by molar-refractivity contribution is 6.46. The van der Waals surface area contributed by atoms with E-state index in [-0.39, 0.29) is 18.1 Å². The maximum Gasteiger partial charge on any atom is 0.282 e. The van der Waals surface area contributed by atoms with Crippen LogP contribution in [0.5, 0.6) is 17.2 Å². The van der Waals surface area contributed by atoms with Crippen LogP contribution >= 0.6 is 0 Å². The van der Waals surface area contributed by atoms with Gasteiger partial charge in [0.1, 0.15) is 17.3 Å². The second-order valence-electron chi connectivity index (χ2n) is 7.33. The number of hydrogen-bond acceptors (Lipinski definition) is 6. The molecule has 8 heteroatoms. The summed E-state index contributed by atoms with van der Waals surface area (Å²) in [5, 5.41) is 3.06. The van der Waals surface area contributed by atoms with Crippen LogP contribution in [0.1, 0.15) is 12.5 Å². The Bertz CT molecular complexity index is 1290. The Morgan fingerprint density at radius 3 is 2.55 bits per heavy atom. The number of halogens is 1. The van der Waals surface area contributed by atoms with Crippen LogP contribution in [0.25, 0.3) is 5.57 Å². The van der Waals surface area contributed by atoms with E-state index in [2.05, 4.69) is 5.32 Å². The van der Waals surface area contributed by atoms with E-state index in [9.17, 15) is 14.0 Å². The maximum absolute atomic E-state index is 13.5. The molecule has 3 aromatic carbocycles. The summed E-state index contributed by atoms with van der Waals surface area (Å²) in [6.07, 6.45) is 0. The van der Waals surface area contributed by atoms with Crippen molar-refractivity contribution in [2.45, 2.75) is 6.92 Å². The highest BCUT2D eigenvalue weighted by Crippen LogP contribution is 2.38. The molecule has 7 nitrogen and oxygen atoms in total. The first kappa shape index (κ1) is 20.6. The molecule has 2 heterocycles. The minimum absolute atomic E-state index is 0.0762. The third-order valence-corrected chi connectivity index (χ3v) is 5.25. The van der Waals surface area contributed by atoms with Crippen LogP contribution in [-0.2, 0) is 9.59 Å². The summed E-state index contributed by atoms with van der Waals surface area (Å²) in [7, 11) is 0. The SMILES string of the molecule is CCOc1cccc(N2C(=O)C(Nc3ccc4c(c3)OCO4)=C(c3ccc(F)cc3)C2=O)c1. The molecule has 0 saturated carbocycles. The first-order chi connectivity index (χ1) is 16.0. The number of carbonyl (C=O) groups excluding carboxylic acids is 2. The van der Waals surface area contributed by atoms with E-state index in [1.54, 1.807) is 42.5 Å². The molecule has 33 heavy (non-hydrogen) atoms. The molecule has 0 radical (unpaired) electrons.